The quantitative estimate of drug-likeness (QED) is 0.763. The van der Waals surface area contributed by atoms with Crippen molar-refractivity contribution in [3.63, 3.8) is 0 Å². The van der Waals surface area contributed by atoms with Crippen molar-refractivity contribution in [3.8, 4) is 0 Å². The normalized spacial score (nSPS) is 9.69. The van der Waals surface area contributed by atoms with Crippen molar-refractivity contribution in [3.05, 3.63) is 30.0 Å². The number of aryl methyl sites for hydroxylation is 1. The van der Waals surface area contributed by atoms with Crippen LogP contribution in [0.25, 0.3) is 6.08 Å². The molecular weight excluding hydrogens is 160 g/mol. The van der Waals surface area contributed by atoms with Gasteiger partial charge in [0.05, 0.1) is 0 Å². The van der Waals surface area contributed by atoms with E-state index in [2.05, 4.69) is 30.7 Å². The molecule has 2 nitrogen and oxygen atoms in total. The zero-order valence-corrected chi connectivity index (χ0v) is 8.30. The summed E-state index contributed by atoms with van der Waals surface area (Å²) in [5.41, 5.74) is 2.31. The zero-order valence-electron chi connectivity index (χ0n) is 8.30. The predicted molar refractivity (Wildman–Crippen MR) is 57.8 cm³/mol. The fourth-order valence-electron chi connectivity index (χ4n) is 1.13. The van der Waals surface area contributed by atoms with Gasteiger partial charge >= 0.3 is 0 Å². The second-order valence-corrected chi connectivity index (χ2v) is 3.06. The minimum atomic E-state index is 0.949. The van der Waals surface area contributed by atoms with E-state index in [4.69, 9.17) is 0 Å². The van der Waals surface area contributed by atoms with Crippen molar-refractivity contribution < 1.29 is 0 Å². The molecule has 2 heteroatoms. The number of rotatable bonds is 4. The van der Waals surface area contributed by atoms with E-state index < -0.39 is 0 Å². The average Bonchev–Trinajstić information content (AvgIpc) is 2.15. The van der Waals surface area contributed by atoms with E-state index >= 15 is 0 Å². The zero-order chi connectivity index (χ0) is 9.68. The Kier molecular flexibility index (Phi) is 3.50. The van der Waals surface area contributed by atoms with Crippen LogP contribution in [0.1, 0.15) is 24.5 Å². The molecule has 0 bridgehead atoms. The molecule has 0 saturated carbocycles. The lowest BCUT2D eigenvalue weighted by Crippen LogP contribution is -2.02. The van der Waals surface area contributed by atoms with Gasteiger partial charge in [0.25, 0.3) is 0 Å². The van der Waals surface area contributed by atoms with Gasteiger partial charge in [-0.25, -0.2) is 4.98 Å². The van der Waals surface area contributed by atoms with Crippen molar-refractivity contribution in [2.24, 2.45) is 0 Å². The van der Waals surface area contributed by atoms with Crippen LogP contribution in [0, 0.1) is 6.92 Å². The maximum absolute atomic E-state index is 4.27. The first-order chi connectivity index (χ1) is 6.27. The van der Waals surface area contributed by atoms with Gasteiger partial charge in [-0.3, -0.25) is 0 Å². The van der Waals surface area contributed by atoms with Crippen molar-refractivity contribution in [1.82, 2.24) is 4.98 Å². The lowest BCUT2D eigenvalue weighted by Gasteiger charge is -2.05. The summed E-state index contributed by atoms with van der Waals surface area (Å²) in [6, 6.07) is 2.05. The van der Waals surface area contributed by atoms with E-state index in [1.807, 2.05) is 18.3 Å². The molecular formula is C11H16N2. The topological polar surface area (TPSA) is 24.9 Å². The maximum atomic E-state index is 4.27. The van der Waals surface area contributed by atoms with Crippen molar-refractivity contribution in [2.45, 2.75) is 20.3 Å². The highest BCUT2D eigenvalue weighted by Gasteiger charge is 1.96. The van der Waals surface area contributed by atoms with E-state index in [1.165, 1.54) is 5.56 Å². The molecule has 13 heavy (non-hydrogen) atoms. The molecule has 1 heterocycles. The Labute approximate surface area is 79.7 Å². The summed E-state index contributed by atoms with van der Waals surface area (Å²) in [6.07, 6.45) is 4.79. The van der Waals surface area contributed by atoms with Gasteiger partial charge in [-0.15, -0.1) is 0 Å². The molecule has 0 aliphatic carbocycles. The van der Waals surface area contributed by atoms with E-state index in [9.17, 15) is 0 Å². The van der Waals surface area contributed by atoms with Crippen LogP contribution >= 0.6 is 0 Å². The second kappa shape index (κ2) is 4.65. The molecule has 1 N–H and O–H groups in total. The van der Waals surface area contributed by atoms with Crippen LogP contribution in [0.3, 0.4) is 0 Å². The molecule has 0 amide bonds. The van der Waals surface area contributed by atoms with Crippen molar-refractivity contribution in [1.29, 1.82) is 0 Å². The van der Waals surface area contributed by atoms with Gasteiger partial charge < -0.3 is 5.32 Å². The smallest absolute Gasteiger partial charge is 0.126 e. The Hall–Kier alpha value is -1.31. The minimum Gasteiger partial charge on any atom is -0.370 e. The number of hydrogen-bond donors (Lipinski definition) is 1. The standard InChI is InChI=1S/C11H16N2/c1-4-6-12-11-7-9(3)10(5-2)8-13-11/h5,7-8H,2,4,6H2,1,3H3,(H,12,13). The third kappa shape index (κ3) is 2.58. The monoisotopic (exact) mass is 176 g/mol. The maximum Gasteiger partial charge on any atom is 0.126 e. The lowest BCUT2D eigenvalue weighted by atomic mass is 10.1. The molecule has 0 unspecified atom stereocenters. The highest BCUT2D eigenvalue weighted by Crippen LogP contribution is 2.12. The highest BCUT2D eigenvalue weighted by atomic mass is 15.0. The van der Waals surface area contributed by atoms with Crippen LogP contribution in [-0.4, -0.2) is 11.5 Å². The first kappa shape index (κ1) is 9.78. The van der Waals surface area contributed by atoms with E-state index in [1.54, 1.807) is 0 Å². The largest absolute Gasteiger partial charge is 0.370 e. The average molecular weight is 176 g/mol. The number of nitrogens with zero attached hydrogens (tertiary/aromatic N) is 1. The van der Waals surface area contributed by atoms with E-state index in [0.29, 0.717) is 0 Å². The van der Waals surface area contributed by atoms with E-state index in [-0.39, 0.29) is 0 Å². The molecule has 0 atom stereocenters. The Morgan fingerprint density at radius 3 is 2.92 bits per heavy atom. The third-order valence-electron chi connectivity index (χ3n) is 1.93. The van der Waals surface area contributed by atoms with Crippen LogP contribution < -0.4 is 5.32 Å². The first-order valence-corrected chi connectivity index (χ1v) is 4.61. The molecule has 1 rings (SSSR count). The van der Waals surface area contributed by atoms with Crippen LogP contribution in [0.2, 0.25) is 0 Å². The molecule has 0 aromatic carbocycles. The van der Waals surface area contributed by atoms with Crippen LogP contribution in [-0.2, 0) is 0 Å². The number of anilines is 1. The SMILES string of the molecule is C=Cc1cnc(NCCC)cc1C. The Morgan fingerprint density at radius 1 is 1.62 bits per heavy atom. The number of nitrogens with one attached hydrogen (secondary N) is 1. The molecule has 0 spiro atoms. The Morgan fingerprint density at radius 2 is 2.38 bits per heavy atom. The highest BCUT2D eigenvalue weighted by molar-refractivity contribution is 5.53. The van der Waals surface area contributed by atoms with Gasteiger partial charge in [0.15, 0.2) is 0 Å². The van der Waals surface area contributed by atoms with Crippen molar-refractivity contribution >= 4 is 11.9 Å². The fourth-order valence-corrected chi connectivity index (χ4v) is 1.13. The fraction of sp³-hybridized carbons (Fsp3) is 0.364. The van der Waals surface area contributed by atoms with Crippen LogP contribution in [0.5, 0.6) is 0 Å². The van der Waals surface area contributed by atoms with Gasteiger partial charge in [-0.05, 0) is 30.5 Å². The van der Waals surface area contributed by atoms with Gasteiger partial charge in [-0.2, -0.15) is 0 Å². The van der Waals surface area contributed by atoms with Crippen LogP contribution in [0.4, 0.5) is 5.82 Å². The Balaban J connectivity index is 2.77. The summed E-state index contributed by atoms with van der Waals surface area (Å²) in [7, 11) is 0. The molecule has 70 valence electrons. The van der Waals surface area contributed by atoms with E-state index in [0.717, 1.165) is 24.3 Å². The third-order valence-corrected chi connectivity index (χ3v) is 1.93. The first-order valence-electron chi connectivity index (χ1n) is 4.61. The summed E-state index contributed by atoms with van der Waals surface area (Å²) in [5, 5.41) is 3.24. The Bertz CT molecular complexity index is 292. The summed E-state index contributed by atoms with van der Waals surface area (Å²) < 4.78 is 0. The molecule has 0 aliphatic rings. The molecule has 0 radical (unpaired) electrons. The van der Waals surface area contributed by atoms with Gasteiger partial charge in [-0.1, -0.05) is 19.6 Å². The van der Waals surface area contributed by atoms with Crippen LogP contribution in [0.15, 0.2) is 18.8 Å². The molecule has 0 aliphatic heterocycles. The lowest BCUT2D eigenvalue weighted by molar-refractivity contribution is 0.968. The minimum absolute atomic E-state index is 0.949. The summed E-state index contributed by atoms with van der Waals surface area (Å²) in [6.45, 7) is 8.90. The molecule has 1 aromatic heterocycles. The second-order valence-electron chi connectivity index (χ2n) is 3.06. The van der Waals surface area contributed by atoms with Gasteiger partial charge in [0.1, 0.15) is 5.82 Å². The number of aromatic nitrogens is 1. The van der Waals surface area contributed by atoms with Gasteiger partial charge in [0.2, 0.25) is 0 Å². The number of pyridine rings is 1. The summed E-state index contributed by atoms with van der Waals surface area (Å²) >= 11 is 0. The van der Waals surface area contributed by atoms with Gasteiger partial charge in [0, 0.05) is 12.7 Å². The molecule has 0 fully saturated rings. The number of hydrogen-bond acceptors (Lipinski definition) is 2. The summed E-state index contributed by atoms with van der Waals surface area (Å²) in [4.78, 5) is 4.27. The summed E-state index contributed by atoms with van der Waals surface area (Å²) in [5.74, 6) is 0.949. The predicted octanol–water partition coefficient (Wildman–Crippen LogP) is 2.85. The molecule has 1 aromatic rings. The van der Waals surface area contributed by atoms with Crippen molar-refractivity contribution in [2.75, 3.05) is 11.9 Å². The molecule has 0 saturated heterocycles.